The topological polar surface area (TPSA) is 104 Å². The van der Waals surface area contributed by atoms with Gasteiger partial charge in [-0.3, -0.25) is 33.8 Å². The van der Waals surface area contributed by atoms with Crippen molar-refractivity contribution in [1.29, 1.82) is 0 Å². The summed E-state index contributed by atoms with van der Waals surface area (Å²) in [5.74, 6) is -2.45. The maximum Gasteiger partial charge on any atom is 0.264 e. The number of carbonyl (C=O) groups is 5. The first kappa shape index (κ1) is 18.8. The number of hydrogen-bond donors (Lipinski definition) is 1. The Morgan fingerprint density at radius 1 is 1.11 bits per heavy atom. The molecule has 0 radical (unpaired) electrons. The summed E-state index contributed by atoms with van der Waals surface area (Å²) in [5, 5.41) is 2.70. The summed E-state index contributed by atoms with van der Waals surface area (Å²) in [6.07, 6.45) is 0.172. The van der Waals surface area contributed by atoms with Crippen LogP contribution >= 0.6 is 0 Å². The van der Waals surface area contributed by atoms with E-state index in [1.54, 1.807) is 32.9 Å². The first-order valence-electron chi connectivity index (χ1n) is 8.66. The molecule has 2 aliphatic rings. The van der Waals surface area contributed by atoms with Crippen LogP contribution in [-0.2, 0) is 14.4 Å². The molecule has 142 valence electrons. The van der Waals surface area contributed by atoms with Crippen molar-refractivity contribution in [2.75, 3.05) is 12.4 Å². The van der Waals surface area contributed by atoms with Gasteiger partial charge in [0.25, 0.3) is 17.7 Å². The molecule has 8 nitrogen and oxygen atoms in total. The Bertz CT molecular complexity index is 884. The zero-order chi connectivity index (χ0) is 20.1. The number of benzene rings is 1. The van der Waals surface area contributed by atoms with Crippen molar-refractivity contribution < 1.29 is 24.0 Å². The van der Waals surface area contributed by atoms with Gasteiger partial charge in [-0.15, -0.1) is 0 Å². The highest BCUT2D eigenvalue weighted by Gasteiger charge is 2.47. The summed E-state index contributed by atoms with van der Waals surface area (Å²) < 4.78 is 0. The van der Waals surface area contributed by atoms with E-state index >= 15 is 0 Å². The highest BCUT2D eigenvalue weighted by atomic mass is 16.2. The molecule has 0 bridgehead atoms. The average Bonchev–Trinajstić information content (AvgIpc) is 2.85. The number of carbonyl (C=O) groups excluding carboxylic acids is 5. The SMILES string of the molecule is CN1C(=O)CCC(N2C(=O)c3cccc(NC(=O)C(C)(C)C)c3C2=O)C1=O. The van der Waals surface area contributed by atoms with Gasteiger partial charge in [0.15, 0.2) is 0 Å². The van der Waals surface area contributed by atoms with Crippen molar-refractivity contribution in [2.24, 2.45) is 5.41 Å². The molecule has 1 aromatic rings. The van der Waals surface area contributed by atoms with Crippen molar-refractivity contribution in [1.82, 2.24) is 9.80 Å². The van der Waals surface area contributed by atoms with E-state index in [1.807, 2.05) is 0 Å². The van der Waals surface area contributed by atoms with Gasteiger partial charge in [0.2, 0.25) is 11.8 Å². The molecule has 8 heteroatoms. The quantitative estimate of drug-likeness (QED) is 0.792. The lowest BCUT2D eigenvalue weighted by Gasteiger charge is -2.32. The first-order valence-corrected chi connectivity index (χ1v) is 8.66. The van der Waals surface area contributed by atoms with Gasteiger partial charge in [-0.05, 0) is 18.6 Å². The van der Waals surface area contributed by atoms with E-state index in [4.69, 9.17) is 0 Å². The number of rotatable bonds is 2. The van der Waals surface area contributed by atoms with Crippen LogP contribution in [0.4, 0.5) is 5.69 Å². The number of hydrogen-bond acceptors (Lipinski definition) is 5. The number of nitrogens with zero attached hydrogens (tertiary/aromatic N) is 2. The molecule has 1 unspecified atom stereocenters. The summed E-state index contributed by atoms with van der Waals surface area (Å²) in [5.41, 5.74) is -0.233. The normalized spacial score (nSPS) is 20.2. The van der Waals surface area contributed by atoms with E-state index in [0.717, 1.165) is 9.80 Å². The van der Waals surface area contributed by atoms with Crippen molar-refractivity contribution >= 4 is 35.2 Å². The Labute approximate surface area is 156 Å². The molecule has 2 aliphatic heterocycles. The molecule has 1 N–H and O–H groups in total. The molecule has 5 amide bonds. The van der Waals surface area contributed by atoms with E-state index in [9.17, 15) is 24.0 Å². The minimum atomic E-state index is -1.02. The highest BCUT2D eigenvalue weighted by molar-refractivity contribution is 6.26. The number of amides is 5. The van der Waals surface area contributed by atoms with Gasteiger partial charge in [-0.1, -0.05) is 26.8 Å². The molecule has 1 fully saturated rings. The van der Waals surface area contributed by atoms with Gasteiger partial charge in [-0.25, -0.2) is 0 Å². The number of fused-ring (bicyclic) bond motifs is 1. The first-order chi connectivity index (χ1) is 12.5. The van der Waals surface area contributed by atoms with Crippen molar-refractivity contribution in [3.63, 3.8) is 0 Å². The lowest BCUT2D eigenvalue weighted by atomic mass is 9.95. The van der Waals surface area contributed by atoms with Crippen LogP contribution in [0.3, 0.4) is 0 Å². The molecule has 1 saturated heterocycles. The monoisotopic (exact) mass is 371 g/mol. The Morgan fingerprint density at radius 3 is 2.41 bits per heavy atom. The maximum atomic E-state index is 13.0. The fourth-order valence-corrected chi connectivity index (χ4v) is 3.14. The summed E-state index contributed by atoms with van der Waals surface area (Å²) in [6.45, 7) is 5.20. The number of imide groups is 2. The molecule has 3 rings (SSSR count). The number of piperidine rings is 1. The lowest BCUT2D eigenvalue weighted by Crippen LogP contribution is -2.54. The van der Waals surface area contributed by atoms with Gasteiger partial charge in [0.1, 0.15) is 6.04 Å². The van der Waals surface area contributed by atoms with Crippen LogP contribution in [0.2, 0.25) is 0 Å². The molecule has 1 atom stereocenters. The van der Waals surface area contributed by atoms with Crippen LogP contribution < -0.4 is 5.32 Å². The zero-order valence-corrected chi connectivity index (χ0v) is 15.7. The second-order valence-electron chi connectivity index (χ2n) is 7.76. The Hall–Kier alpha value is -3.03. The number of likely N-dealkylation sites (N-methyl/N-ethyl adjacent to an activating group) is 1. The highest BCUT2D eigenvalue weighted by Crippen LogP contribution is 2.33. The predicted molar refractivity (Wildman–Crippen MR) is 95.8 cm³/mol. The summed E-state index contributed by atoms with van der Waals surface area (Å²) in [7, 11) is 1.34. The smallest absolute Gasteiger partial charge is 0.264 e. The fraction of sp³-hybridized carbons (Fsp3) is 0.421. The van der Waals surface area contributed by atoms with Gasteiger partial charge in [-0.2, -0.15) is 0 Å². The van der Waals surface area contributed by atoms with Crippen molar-refractivity contribution in [3.8, 4) is 0 Å². The van der Waals surface area contributed by atoms with E-state index in [1.165, 1.54) is 13.1 Å². The standard InChI is InChI=1S/C19H21N3O5/c1-19(2,3)18(27)20-11-7-5-6-10-14(11)17(26)22(15(10)24)12-8-9-13(23)21(4)16(12)25/h5-7,12H,8-9H2,1-4H3,(H,20,27). The predicted octanol–water partition coefficient (Wildman–Crippen LogP) is 1.41. The van der Waals surface area contributed by atoms with E-state index in [2.05, 4.69) is 5.32 Å². The third-order valence-electron chi connectivity index (χ3n) is 4.81. The molecule has 2 heterocycles. The van der Waals surface area contributed by atoms with E-state index in [-0.39, 0.29) is 41.5 Å². The number of nitrogens with one attached hydrogen (secondary N) is 1. The molecule has 0 aromatic heterocycles. The van der Waals surface area contributed by atoms with Crippen LogP contribution in [-0.4, -0.2) is 52.4 Å². The van der Waals surface area contributed by atoms with E-state index < -0.39 is 29.2 Å². The van der Waals surface area contributed by atoms with Crippen molar-refractivity contribution in [3.05, 3.63) is 29.3 Å². The maximum absolute atomic E-state index is 13.0. The largest absolute Gasteiger partial charge is 0.325 e. The van der Waals surface area contributed by atoms with Crippen LogP contribution in [0.5, 0.6) is 0 Å². The zero-order valence-electron chi connectivity index (χ0n) is 15.7. The summed E-state index contributed by atoms with van der Waals surface area (Å²) >= 11 is 0. The molecular weight excluding hydrogens is 350 g/mol. The fourth-order valence-electron chi connectivity index (χ4n) is 3.14. The Balaban J connectivity index is 1.97. The Kier molecular flexibility index (Phi) is 4.37. The molecule has 27 heavy (non-hydrogen) atoms. The molecule has 1 aromatic carbocycles. The van der Waals surface area contributed by atoms with Crippen LogP contribution in [0.1, 0.15) is 54.3 Å². The van der Waals surface area contributed by atoms with Gasteiger partial charge in [0.05, 0.1) is 16.8 Å². The molecule has 0 spiro atoms. The van der Waals surface area contributed by atoms with Crippen LogP contribution in [0, 0.1) is 5.41 Å². The van der Waals surface area contributed by atoms with Gasteiger partial charge >= 0.3 is 0 Å². The molecular formula is C19H21N3O5. The second kappa shape index (κ2) is 6.29. The second-order valence-corrected chi connectivity index (χ2v) is 7.76. The third kappa shape index (κ3) is 3.01. The molecule has 0 aliphatic carbocycles. The third-order valence-corrected chi connectivity index (χ3v) is 4.81. The number of likely N-dealkylation sites (tertiary alicyclic amines) is 1. The van der Waals surface area contributed by atoms with Crippen molar-refractivity contribution in [2.45, 2.75) is 39.7 Å². The summed E-state index contributed by atoms with van der Waals surface area (Å²) in [4.78, 5) is 64.1. The number of anilines is 1. The average molecular weight is 371 g/mol. The van der Waals surface area contributed by atoms with Crippen LogP contribution in [0.15, 0.2) is 18.2 Å². The van der Waals surface area contributed by atoms with Gasteiger partial charge < -0.3 is 5.32 Å². The minimum absolute atomic E-state index is 0.0763. The Morgan fingerprint density at radius 2 is 1.78 bits per heavy atom. The van der Waals surface area contributed by atoms with Crippen LogP contribution in [0.25, 0.3) is 0 Å². The van der Waals surface area contributed by atoms with E-state index in [0.29, 0.717) is 0 Å². The molecule has 0 saturated carbocycles. The minimum Gasteiger partial charge on any atom is -0.325 e. The lowest BCUT2D eigenvalue weighted by molar-refractivity contribution is -0.149. The summed E-state index contributed by atoms with van der Waals surface area (Å²) in [6, 6.07) is 3.59. The van der Waals surface area contributed by atoms with Gasteiger partial charge in [0, 0.05) is 18.9 Å².